The zero-order chi connectivity index (χ0) is 10.1. The predicted molar refractivity (Wildman–Crippen MR) is 49.3 cm³/mol. The third kappa shape index (κ3) is 1.81. The molecule has 5 heteroatoms. The van der Waals surface area contributed by atoms with E-state index in [1.54, 1.807) is 6.07 Å². The van der Waals surface area contributed by atoms with Gasteiger partial charge in [-0.1, -0.05) is 0 Å². The van der Waals surface area contributed by atoms with Crippen LogP contribution in [0.5, 0.6) is 5.75 Å². The maximum absolute atomic E-state index is 10.6. The number of hydrogen-bond acceptors (Lipinski definition) is 4. The van der Waals surface area contributed by atoms with E-state index in [1.807, 2.05) is 6.92 Å². The van der Waals surface area contributed by atoms with Gasteiger partial charge in [-0.05, 0) is 41.3 Å². The normalized spacial score (nSPS) is 15.2. The van der Waals surface area contributed by atoms with Gasteiger partial charge in [-0.15, -0.1) is 0 Å². The number of rotatable bonds is 3. The summed E-state index contributed by atoms with van der Waals surface area (Å²) < 4.78 is 5.39. The van der Waals surface area contributed by atoms with E-state index < -0.39 is 4.92 Å². The fraction of sp³-hybridized carbons (Fsp3) is 0.444. The molecule has 1 heterocycles. The quantitative estimate of drug-likeness (QED) is 0.544. The first-order valence-corrected chi connectivity index (χ1v) is 4.44. The number of pyridine rings is 1. The van der Waals surface area contributed by atoms with E-state index in [1.165, 1.54) is 6.20 Å². The van der Waals surface area contributed by atoms with Crippen molar-refractivity contribution >= 4 is 5.82 Å². The maximum Gasteiger partial charge on any atom is 0.406 e. The monoisotopic (exact) mass is 194 g/mol. The van der Waals surface area contributed by atoms with Crippen LogP contribution >= 0.6 is 0 Å². The summed E-state index contributed by atoms with van der Waals surface area (Å²) in [5.74, 6) is 0.0972. The number of aryl methyl sites for hydroxylation is 1. The highest BCUT2D eigenvalue weighted by Crippen LogP contribution is 2.32. The summed E-state index contributed by atoms with van der Waals surface area (Å²) >= 11 is 0. The highest BCUT2D eigenvalue weighted by atomic mass is 16.6. The fourth-order valence-electron chi connectivity index (χ4n) is 1.12. The molecule has 0 amide bonds. The van der Waals surface area contributed by atoms with E-state index in [2.05, 4.69) is 4.98 Å². The van der Waals surface area contributed by atoms with E-state index in [4.69, 9.17) is 4.74 Å². The SMILES string of the molecule is Cc1cnc([N+](=O)[O-])c(OC2CC2)c1. The average molecular weight is 194 g/mol. The van der Waals surface area contributed by atoms with Gasteiger partial charge in [-0.25, -0.2) is 0 Å². The zero-order valence-corrected chi connectivity index (χ0v) is 7.77. The van der Waals surface area contributed by atoms with Crippen LogP contribution in [-0.2, 0) is 0 Å². The summed E-state index contributed by atoms with van der Waals surface area (Å²) in [5, 5.41) is 10.6. The lowest BCUT2D eigenvalue weighted by atomic mass is 10.3. The van der Waals surface area contributed by atoms with Gasteiger partial charge in [0.25, 0.3) is 0 Å². The van der Waals surface area contributed by atoms with Crippen LogP contribution in [0.15, 0.2) is 12.3 Å². The van der Waals surface area contributed by atoms with E-state index >= 15 is 0 Å². The van der Waals surface area contributed by atoms with Crippen molar-refractivity contribution in [3.05, 3.63) is 27.9 Å². The van der Waals surface area contributed by atoms with Gasteiger partial charge >= 0.3 is 5.82 Å². The van der Waals surface area contributed by atoms with Gasteiger partial charge in [0.05, 0.1) is 6.10 Å². The second kappa shape index (κ2) is 3.25. The second-order valence-corrected chi connectivity index (χ2v) is 3.41. The summed E-state index contributed by atoms with van der Waals surface area (Å²) in [4.78, 5) is 13.8. The number of hydrogen-bond donors (Lipinski definition) is 0. The van der Waals surface area contributed by atoms with Crippen LogP contribution in [0.1, 0.15) is 18.4 Å². The first-order chi connectivity index (χ1) is 6.66. The molecule has 1 aliphatic rings. The molecule has 0 spiro atoms. The number of ether oxygens (including phenoxy) is 1. The predicted octanol–water partition coefficient (Wildman–Crippen LogP) is 1.84. The largest absolute Gasteiger partial charge is 0.482 e. The highest BCUT2D eigenvalue weighted by Gasteiger charge is 2.27. The zero-order valence-electron chi connectivity index (χ0n) is 7.77. The molecule has 1 saturated carbocycles. The molecule has 5 nitrogen and oxygen atoms in total. The van der Waals surface area contributed by atoms with Crippen molar-refractivity contribution in [2.24, 2.45) is 0 Å². The van der Waals surface area contributed by atoms with Gasteiger partial charge in [0.15, 0.2) is 0 Å². The van der Waals surface area contributed by atoms with Crippen molar-refractivity contribution in [1.29, 1.82) is 0 Å². The van der Waals surface area contributed by atoms with Crippen molar-refractivity contribution < 1.29 is 9.66 Å². The molecule has 0 aliphatic heterocycles. The Hall–Kier alpha value is -1.65. The minimum Gasteiger partial charge on any atom is -0.482 e. The van der Waals surface area contributed by atoms with Gasteiger partial charge < -0.3 is 14.9 Å². The Kier molecular flexibility index (Phi) is 2.07. The van der Waals surface area contributed by atoms with Crippen LogP contribution in [0.2, 0.25) is 0 Å². The van der Waals surface area contributed by atoms with Crippen molar-refractivity contribution in [3.8, 4) is 5.75 Å². The van der Waals surface area contributed by atoms with Crippen LogP contribution in [0, 0.1) is 17.0 Å². The van der Waals surface area contributed by atoms with E-state index in [-0.39, 0.29) is 17.7 Å². The first kappa shape index (κ1) is 8.93. The summed E-state index contributed by atoms with van der Waals surface area (Å²) in [6.07, 6.45) is 3.57. The van der Waals surface area contributed by atoms with Gasteiger partial charge in [0.1, 0.15) is 6.20 Å². The maximum atomic E-state index is 10.6. The topological polar surface area (TPSA) is 65.3 Å². The molecule has 0 N–H and O–H groups in total. The van der Waals surface area contributed by atoms with E-state index in [0.29, 0.717) is 0 Å². The molecular formula is C9H10N2O3. The van der Waals surface area contributed by atoms with Crippen LogP contribution in [-0.4, -0.2) is 16.0 Å². The summed E-state index contributed by atoms with van der Waals surface area (Å²) in [7, 11) is 0. The average Bonchev–Trinajstić information content (AvgIpc) is 2.87. The fourth-order valence-corrected chi connectivity index (χ4v) is 1.12. The summed E-state index contributed by atoms with van der Waals surface area (Å²) in [6, 6.07) is 1.66. The highest BCUT2D eigenvalue weighted by molar-refractivity contribution is 5.41. The Bertz CT molecular complexity index is 374. The molecule has 1 fully saturated rings. The van der Waals surface area contributed by atoms with Crippen LogP contribution in [0.3, 0.4) is 0 Å². The van der Waals surface area contributed by atoms with Crippen molar-refractivity contribution in [1.82, 2.24) is 4.98 Å². The minimum absolute atomic E-state index is 0.150. The molecule has 0 atom stereocenters. The Morgan fingerprint density at radius 1 is 1.64 bits per heavy atom. The lowest BCUT2D eigenvalue weighted by Gasteiger charge is -2.04. The molecule has 1 aromatic rings. The first-order valence-electron chi connectivity index (χ1n) is 4.44. The van der Waals surface area contributed by atoms with Crippen LogP contribution in [0.25, 0.3) is 0 Å². The van der Waals surface area contributed by atoms with Gasteiger partial charge in [0, 0.05) is 0 Å². The molecule has 1 aromatic heterocycles. The molecule has 0 aromatic carbocycles. The van der Waals surface area contributed by atoms with Gasteiger partial charge in [-0.2, -0.15) is 0 Å². The number of nitrogens with zero attached hydrogens (tertiary/aromatic N) is 2. The van der Waals surface area contributed by atoms with E-state index in [9.17, 15) is 10.1 Å². The molecule has 0 unspecified atom stereocenters. The van der Waals surface area contributed by atoms with Crippen molar-refractivity contribution in [3.63, 3.8) is 0 Å². The molecule has 1 aliphatic carbocycles. The number of nitro groups is 1. The lowest BCUT2D eigenvalue weighted by molar-refractivity contribution is -0.390. The van der Waals surface area contributed by atoms with E-state index in [0.717, 1.165) is 18.4 Å². The molecular weight excluding hydrogens is 184 g/mol. The number of aromatic nitrogens is 1. The second-order valence-electron chi connectivity index (χ2n) is 3.41. The van der Waals surface area contributed by atoms with Gasteiger partial charge in [-0.3, -0.25) is 0 Å². The Morgan fingerprint density at radius 2 is 2.36 bits per heavy atom. The molecule has 0 bridgehead atoms. The Balaban J connectivity index is 2.31. The third-order valence-corrected chi connectivity index (χ3v) is 1.96. The Morgan fingerprint density at radius 3 is 2.93 bits per heavy atom. The molecule has 0 saturated heterocycles. The minimum atomic E-state index is -0.517. The summed E-state index contributed by atoms with van der Waals surface area (Å²) in [5.41, 5.74) is 0.867. The van der Waals surface area contributed by atoms with Crippen molar-refractivity contribution in [2.75, 3.05) is 0 Å². The molecule has 74 valence electrons. The third-order valence-electron chi connectivity index (χ3n) is 1.96. The lowest BCUT2D eigenvalue weighted by Crippen LogP contribution is -2.02. The smallest absolute Gasteiger partial charge is 0.406 e. The van der Waals surface area contributed by atoms with Crippen LogP contribution in [0.4, 0.5) is 5.82 Å². The summed E-state index contributed by atoms with van der Waals surface area (Å²) in [6.45, 7) is 1.83. The van der Waals surface area contributed by atoms with Crippen molar-refractivity contribution in [2.45, 2.75) is 25.9 Å². The van der Waals surface area contributed by atoms with Crippen LogP contribution < -0.4 is 4.74 Å². The van der Waals surface area contributed by atoms with Gasteiger partial charge in [0.2, 0.25) is 5.75 Å². The standard InChI is InChI=1S/C9H10N2O3/c1-6-4-8(14-7-2-3-7)9(10-5-6)11(12)13/h4-5,7H,2-3H2,1H3. The Labute approximate surface area is 80.9 Å². The molecule has 14 heavy (non-hydrogen) atoms. The molecule has 0 radical (unpaired) electrons. The molecule has 2 rings (SSSR count).